The molecule has 5 nitrogen and oxygen atoms in total. The van der Waals surface area contributed by atoms with Crippen molar-refractivity contribution >= 4 is 12.6 Å². The summed E-state index contributed by atoms with van der Waals surface area (Å²) >= 11 is 4.92. The van der Waals surface area contributed by atoms with Gasteiger partial charge in [-0.15, -0.1) is 5.10 Å². The fourth-order valence-corrected chi connectivity index (χ4v) is 1.16. The molecule has 68 valence electrons. The largest absolute Gasteiger partial charge is 0.740 e. The number of hydrogen-bond donors (Lipinski definition) is 0. The van der Waals surface area contributed by atoms with E-state index < -0.39 is 0 Å². The zero-order valence-electron chi connectivity index (χ0n) is 7.18. The first-order valence-corrected chi connectivity index (χ1v) is 4.08. The number of aromatic nitrogens is 4. The Morgan fingerprint density at radius 2 is 2.23 bits per heavy atom. The molecule has 2 aromatic heterocycles. The number of hydrogen-bond acceptors (Lipinski definition) is 5. The van der Waals surface area contributed by atoms with E-state index in [0.29, 0.717) is 16.7 Å². The van der Waals surface area contributed by atoms with Gasteiger partial charge >= 0.3 is 0 Å². The monoisotopic (exact) mass is 195 g/mol. The highest BCUT2D eigenvalue weighted by molar-refractivity contribution is 7.58. The van der Waals surface area contributed by atoms with Gasteiger partial charge in [0.15, 0.2) is 18.0 Å². The predicted molar refractivity (Wildman–Crippen MR) is 46.9 cm³/mol. The van der Waals surface area contributed by atoms with Crippen molar-refractivity contribution in [3.8, 4) is 11.6 Å². The summed E-state index contributed by atoms with van der Waals surface area (Å²) in [5, 5.41) is 8.08. The van der Waals surface area contributed by atoms with Crippen LogP contribution in [0.15, 0.2) is 16.0 Å². The molecule has 0 N–H and O–H groups in total. The third-order valence-corrected chi connectivity index (χ3v) is 2.14. The normalized spacial score (nSPS) is 10.6. The molecule has 2 aromatic rings. The van der Waals surface area contributed by atoms with Gasteiger partial charge in [0.2, 0.25) is 0 Å². The first-order valence-electron chi connectivity index (χ1n) is 3.67. The third-order valence-electron chi connectivity index (χ3n) is 1.78. The van der Waals surface area contributed by atoms with Gasteiger partial charge in [-0.2, -0.15) is 5.10 Å². The molecule has 0 fully saturated rings. The average Bonchev–Trinajstić information content (AvgIpc) is 2.62. The van der Waals surface area contributed by atoms with Crippen LogP contribution in [-0.2, 0) is 19.7 Å². The van der Waals surface area contributed by atoms with Gasteiger partial charge in [-0.25, -0.2) is 4.98 Å². The summed E-state index contributed by atoms with van der Waals surface area (Å²) in [6.45, 7) is 1.84. The average molecular weight is 195 g/mol. The zero-order valence-corrected chi connectivity index (χ0v) is 8.00. The Hall–Kier alpha value is -1.43. The molecule has 0 unspecified atom stereocenters. The molecule has 0 aliphatic carbocycles. The van der Waals surface area contributed by atoms with Crippen molar-refractivity contribution in [2.75, 3.05) is 0 Å². The molecule has 0 amide bonds. The quantitative estimate of drug-likeness (QED) is 0.626. The molecule has 2 rings (SSSR count). The van der Waals surface area contributed by atoms with Crippen LogP contribution in [-0.4, -0.2) is 19.7 Å². The lowest BCUT2D eigenvalue weighted by Crippen LogP contribution is -1.94. The Balaban J connectivity index is 2.59. The summed E-state index contributed by atoms with van der Waals surface area (Å²) in [5.74, 6) is 1.23. The smallest absolute Gasteiger partial charge is 0.200 e. The maximum absolute atomic E-state index is 5.16. The Morgan fingerprint density at radius 1 is 1.46 bits per heavy atom. The van der Waals surface area contributed by atoms with Crippen molar-refractivity contribution in [3.63, 3.8) is 0 Å². The van der Waals surface area contributed by atoms with E-state index in [1.807, 2.05) is 6.92 Å². The Kier molecular flexibility index (Phi) is 1.77. The summed E-state index contributed by atoms with van der Waals surface area (Å²) in [7, 11) is 1.79. The van der Waals surface area contributed by atoms with E-state index in [1.165, 1.54) is 6.39 Å². The maximum atomic E-state index is 5.16. The van der Waals surface area contributed by atoms with E-state index in [4.69, 9.17) is 17.0 Å². The SMILES string of the molecule is Cc1ncoc1-c1nnc([S-])n1C. The lowest BCUT2D eigenvalue weighted by atomic mass is 10.3. The maximum Gasteiger partial charge on any atom is 0.200 e. The molecule has 2 heterocycles. The second-order valence-electron chi connectivity index (χ2n) is 2.63. The summed E-state index contributed by atoms with van der Waals surface area (Å²) < 4.78 is 6.85. The molecule has 6 heteroatoms. The molecule has 0 saturated carbocycles. The molecule has 0 atom stereocenters. The number of nitrogens with zero attached hydrogens (tertiary/aromatic N) is 4. The van der Waals surface area contributed by atoms with Crippen LogP contribution in [0.25, 0.3) is 11.6 Å². The second kappa shape index (κ2) is 2.81. The van der Waals surface area contributed by atoms with E-state index in [1.54, 1.807) is 11.6 Å². The lowest BCUT2D eigenvalue weighted by molar-refractivity contribution is 0.562. The molecule has 0 aliphatic heterocycles. The van der Waals surface area contributed by atoms with Crippen molar-refractivity contribution in [2.45, 2.75) is 12.1 Å². The first-order chi connectivity index (χ1) is 6.20. The highest BCUT2D eigenvalue weighted by Gasteiger charge is 2.12. The standard InChI is InChI=1S/C7H8N4OS/c1-4-5(12-3-8-4)6-9-10-7(13)11(6)2/h3H,1-2H3,(H,10,13)/p-1. The van der Waals surface area contributed by atoms with Gasteiger partial charge in [-0.3, -0.25) is 0 Å². The van der Waals surface area contributed by atoms with E-state index in [-0.39, 0.29) is 0 Å². The van der Waals surface area contributed by atoms with Crippen LogP contribution in [0.5, 0.6) is 0 Å². The fraction of sp³-hybridized carbons (Fsp3) is 0.286. The summed E-state index contributed by atoms with van der Waals surface area (Å²) in [4.78, 5) is 3.96. The molecular weight excluding hydrogens is 188 g/mol. The van der Waals surface area contributed by atoms with Crippen molar-refractivity contribution in [2.24, 2.45) is 7.05 Å². The highest BCUT2D eigenvalue weighted by Crippen LogP contribution is 2.19. The van der Waals surface area contributed by atoms with Crippen LogP contribution in [0.3, 0.4) is 0 Å². The van der Waals surface area contributed by atoms with Gasteiger partial charge < -0.3 is 21.6 Å². The fourth-order valence-electron chi connectivity index (χ4n) is 1.03. The zero-order chi connectivity index (χ0) is 9.42. The van der Waals surface area contributed by atoms with Gasteiger partial charge in [-0.1, -0.05) is 0 Å². The van der Waals surface area contributed by atoms with Crippen molar-refractivity contribution < 1.29 is 4.42 Å². The number of oxazole rings is 1. The molecule has 0 spiro atoms. The van der Waals surface area contributed by atoms with Crippen molar-refractivity contribution in [1.82, 2.24) is 19.7 Å². The summed E-state index contributed by atoms with van der Waals surface area (Å²) in [6.07, 6.45) is 1.38. The van der Waals surface area contributed by atoms with Gasteiger partial charge in [0.05, 0.1) is 5.69 Å². The molecule has 0 saturated heterocycles. The third kappa shape index (κ3) is 1.19. The van der Waals surface area contributed by atoms with Crippen LogP contribution in [0.2, 0.25) is 0 Å². The molecule has 0 bridgehead atoms. The van der Waals surface area contributed by atoms with Crippen molar-refractivity contribution in [1.29, 1.82) is 0 Å². The van der Waals surface area contributed by atoms with Crippen LogP contribution in [0, 0.1) is 6.92 Å². The molecular formula is C7H7N4OS-. The summed E-state index contributed by atoms with van der Waals surface area (Å²) in [5.41, 5.74) is 0.783. The van der Waals surface area contributed by atoms with Gasteiger partial charge in [0.25, 0.3) is 0 Å². The lowest BCUT2D eigenvalue weighted by Gasteiger charge is -2.03. The number of aryl methyl sites for hydroxylation is 1. The van der Waals surface area contributed by atoms with Crippen LogP contribution in [0.4, 0.5) is 0 Å². The minimum atomic E-state index is 0.436. The molecule has 0 aromatic carbocycles. The number of rotatable bonds is 1. The Morgan fingerprint density at radius 3 is 2.69 bits per heavy atom. The van der Waals surface area contributed by atoms with E-state index in [0.717, 1.165) is 5.69 Å². The van der Waals surface area contributed by atoms with E-state index in [9.17, 15) is 0 Å². The minimum absolute atomic E-state index is 0.436. The molecule has 13 heavy (non-hydrogen) atoms. The van der Waals surface area contributed by atoms with Crippen LogP contribution < -0.4 is 0 Å². The second-order valence-corrected chi connectivity index (χ2v) is 3.00. The van der Waals surface area contributed by atoms with Gasteiger partial charge in [0, 0.05) is 12.2 Å². The summed E-state index contributed by atoms with van der Waals surface area (Å²) in [6, 6.07) is 0. The van der Waals surface area contributed by atoms with Crippen LogP contribution >= 0.6 is 0 Å². The predicted octanol–water partition coefficient (Wildman–Crippen LogP) is 0.684. The first kappa shape index (κ1) is 8.18. The Labute approximate surface area is 80.2 Å². The van der Waals surface area contributed by atoms with Gasteiger partial charge in [-0.05, 0) is 6.92 Å². The van der Waals surface area contributed by atoms with Gasteiger partial charge in [0.1, 0.15) is 0 Å². The molecule has 0 radical (unpaired) electrons. The highest BCUT2D eigenvalue weighted by atomic mass is 32.1. The van der Waals surface area contributed by atoms with Crippen molar-refractivity contribution in [3.05, 3.63) is 12.1 Å². The molecule has 0 aliphatic rings. The van der Waals surface area contributed by atoms with E-state index >= 15 is 0 Å². The van der Waals surface area contributed by atoms with E-state index in [2.05, 4.69) is 15.2 Å². The Bertz CT molecular complexity index is 433. The topological polar surface area (TPSA) is 56.7 Å². The van der Waals surface area contributed by atoms with Crippen LogP contribution in [0.1, 0.15) is 5.69 Å². The minimum Gasteiger partial charge on any atom is -0.740 e.